The number of carbonyl (C=O) groups is 1. The molecule has 1 N–H and O–H groups in total. The highest BCUT2D eigenvalue weighted by atomic mass is 32.2. The van der Waals surface area contributed by atoms with Crippen molar-refractivity contribution in [2.75, 3.05) is 18.4 Å². The summed E-state index contributed by atoms with van der Waals surface area (Å²) in [4.78, 5) is 12.9. The molecule has 5 nitrogen and oxygen atoms in total. The smallest absolute Gasteiger partial charge is 0.255 e. The summed E-state index contributed by atoms with van der Waals surface area (Å²) in [5, 5.41) is 2.88. The van der Waals surface area contributed by atoms with Gasteiger partial charge in [0.15, 0.2) is 0 Å². The fourth-order valence-corrected chi connectivity index (χ4v) is 5.62. The lowest BCUT2D eigenvalue weighted by atomic mass is 9.94. The lowest BCUT2D eigenvalue weighted by molar-refractivity contribution is 0.102. The van der Waals surface area contributed by atoms with E-state index >= 15 is 0 Å². The number of hydrogen-bond donors (Lipinski definition) is 1. The molecule has 6 heteroatoms. The lowest BCUT2D eigenvalue weighted by Gasteiger charge is -2.34. The third-order valence-electron chi connectivity index (χ3n) is 5.20. The van der Waals surface area contributed by atoms with Gasteiger partial charge < -0.3 is 5.32 Å². The van der Waals surface area contributed by atoms with Gasteiger partial charge in [-0.1, -0.05) is 37.6 Å². The first-order valence-corrected chi connectivity index (χ1v) is 11.1. The molecule has 0 aliphatic carbocycles. The molecule has 3 rings (SSSR count). The zero-order valence-corrected chi connectivity index (χ0v) is 17.7. The van der Waals surface area contributed by atoms with Crippen LogP contribution < -0.4 is 5.32 Å². The molecule has 0 aromatic heterocycles. The van der Waals surface area contributed by atoms with Gasteiger partial charge in [0.25, 0.3) is 5.91 Å². The van der Waals surface area contributed by atoms with Crippen LogP contribution in [0, 0.1) is 25.7 Å². The SMILES string of the molecule is Cc1ccc(NC(=O)c2cccc(S(=O)(=O)N3CC(C)CC(C)C3)c2)c(C)c1. The number of rotatable bonds is 4. The Morgan fingerprint density at radius 3 is 2.36 bits per heavy atom. The number of piperidine rings is 1. The zero-order chi connectivity index (χ0) is 20.5. The Balaban J connectivity index is 1.84. The van der Waals surface area contributed by atoms with E-state index < -0.39 is 10.0 Å². The van der Waals surface area contributed by atoms with E-state index in [1.165, 1.54) is 6.07 Å². The molecule has 1 saturated heterocycles. The van der Waals surface area contributed by atoms with Crippen molar-refractivity contribution in [3.63, 3.8) is 0 Å². The molecule has 0 spiro atoms. The van der Waals surface area contributed by atoms with Crippen molar-refractivity contribution in [2.45, 2.75) is 39.0 Å². The minimum atomic E-state index is -3.62. The molecule has 1 fully saturated rings. The molecule has 1 amide bonds. The van der Waals surface area contributed by atoms with Crippen LogP contribution >= 0.6 is 0 Å². The summed E-state index contributed by atoms with van der Waals surface area (Å²) in [7, 11) is -3.62. The molecular weight excluding hydrogens is 372 g/mol. The summed E-state index contributed by atoms with van der Waals surface area (Å²) in [5.74, 6) is 0.341. The Hall–Kier alpha value is -2.18. The maximum atomic E-state index is 13.1. The topological polar surface area (TPSA) is 66.5 Å². The summed E-state index contributed by atoms with van der Waals surface area (Å²) in [6.45, 7) is 9.12. The molecule has 0 saturated carbocycles. The van der Waals surface area contributed by atoms with Crippen LogP contribution in [0.4, 0.5) is 5.69 Å². The number of aryl methyl sites for hydroxylation is 2. The first kappa shape index (κ1) is 20.6. The quantitative estimate of drug-likeness (QED) is 0.835. The number of amides is 1. The number of carbonyl (C=O) groups excluding carboxylic acids is 1. The Morgan fingerprint density at radius 1 is 1.04 bits per heavy atom. The van der Waals surface area contributed by atoms with Gasteiger partial charge in [-0.3, -0.25) is 4.79 Å². The van der Waals surface area contributed by atoms with Crippen LogP contribution in [0.15, 0.2) is 47.4 Å². The van der Waals surface area contributed by atoms with Gasteiger partial charge in [-0.15, -0.1) is 0 Å². The van der Waals surface area contributed by atoms with Crippen LogP contribution in [0.2, 0.25) is 0 Å². The average molecular weight is 401 g/mol. The van der Waals surface area contributed by atoms with Gasteiger partial charge in [0.2, 0.25) is 10.0 Å². The molecule has 2 aromatic carbocycles. The Kier molecular flexibility index (Phi) is 5.91. The number of hydrogen-bond acceptors (Lipinski definition) is 3. The number of anilines is 1. The van der Waals surface area contributed by atoms with Crippen LogP contribution in [0.1, 0.15) is 41.8 Å². The van der Waals surface area contributed by atoms with E-state index in [1.54, 1.807) is 22.5 Å². The summed E-state index contributed by atoms with van der Waals surface area (Å²) >= 11 is 0. The predicted molar refractivity (Wildman–Crippen MR) is 112 cm³/mol. The highest BCUT2D eigenvalue weighted by Gasteiger charge is 2.32. The lowest BCUT2D eigenvalue weighted by Crippen LogP contribution is -2.42. The third-order valence-corrected chi connectivity index (χ3v) is 7.03. The number of sulfonamides is 1. The highest BCUT2D eigenvalue weighted by Crippen LogP contribution is 2.27. The van der Waals surface area contributed by atoms with Gasteiger partial charge in [-0.25, -0.2) is 8.42 Å². The van der Waals surface area contributed by atoms with E-state index in [1.807, 2.05) is 32.0 Å². The van der Waals surface area contributed by atoms with Crippen LogP contribution in [0.3, 0.4) is 0 Å². The van der Waals surface area contributed by atoms with Crippen molar-refractivity contribution < 1.29 is 13.2 Å². The minimum absolute atomic E-state index is 0.169. The Morgan fingerprint density at radius 2 is 1.71 bits per heavy atom. The second kappa shape index (κ2) is 8.05. The minimum Gasteiger partial charge on any atom is -0.322 e. The standard InChI is InChI=1S/C22H28N2O3S/c1-15-8-9-21(18(4)11-15)23-22(25)19-6-5-7-20(12-19)28(26,27)24-13-16(2)10-17(3)14-24/h5-9,11-12,16-17H,10,13-14H2,1-4H3,(H,23,25). The molecule has 1 heterocycles. The van der Waals surface area contributed by atoms with Crippen LogP contribution in [-0.2, 0) is 10.0 Å². The molecule has 2 unspecified atom stereocenters. The number of nitrogens with zero attached hydrogens (tertiary/aromatic N) is 1. The number of benzene rings is 2. The second-order valence-corrected chi connectivity index (χ2v) is 10.0. The van der Waals surface area contributed by atoms with Gasteiger partial charge in [0.05, 0.1) is 4.90 Å². The largest absolute Gasteiger partial charge is 0.322 e. The van der Waals surface area contributed by atoms with E-state index in [9.17, 15) is 13.2 Å². The van der Waals surface area contributed by atoms with E-state index in [-0.39, 0.29) is 10.8 Å². The van der Waals surface area contributed by atoms with Gasteiger partial charge in [-0.2, -0.15) is 4.31 Å². The number of nitrogens with one attached hydrogen (secondary N) is 1. The van der Waals surface area contributed by atoms with E-state index in [0.29, 0.717) is 30.5 Å². The van der Waals surface area contributed by atoms with Crippen molar-refractivity contribution in [1.29, 1.82) is 0 Å². The van der Waals surface area contributed by atoms with Gasteiger partial charge in [0.1, 0.15) is 0 Å². The maximum absolute atomic E-state index is 13.1. The maximum Gasteiger partial charge on any atom is 0.255 e. The highest BCUT2D eigenvalue weighted by molar-refractivity contribution is 7.89. The molecular formula is C22H28N2O3S. The molecule has 2 aromatic rings. The molecule has 2 atom stereocenters. The first-order valence-electron chi connectivity index (χ1n) is 9.65. The molecule has 0 bridgehead atoms. The summed E-state index contributed by atoms with van der Waals surface area (Å²) in [6, 6.07) is 12.1. The van der Waals surface area contributed by atoms with Crippen molar-refractivity contribution in [1.82, 2.24) is 4.31 Å². The fourth-order valence-electron chi connectivity index (χ4n) is 3.90. The molecule has 1 aliphatic heterocycles. The van der Waals surface area contributed by atoms with Crippen LogP contribution in [0.25, 0.3) is 0 Å². The normalized spacial score (nSPS) is 20.7. The monoisotopic (exact) mass is 400 g/mol. The van der Waals surface area contributed by atoms with Gasteiger partial charge in [-0.05, 0) is 61.9 Å². The fraction of sp³-hybridized carbons (Fsp3) is 0.409. The van der Waals surface area contributed by atoms with Crippen molar-refractivity contribution >= 4 is 21.6 Å². The zero-order valence-electron chi connectivity index (χ0n) is 16.9. The molecule has 150 valence electrons. The van der Waals surface area contributed by atoms with Crippen LogP contribution in [-0.4, -0.2) is 31.7 Å². The Labute approximate surface area is 167 Å². The van der Waals surface area contributed by atoms with Crippen molar-refractivity contribution in [2.24, 2.45) is 11.8 Å². The summed E-state index contributed by atoms with van der Waals surface area (Å²) in [5.41, 5.74) is 3.14. The molecule has 0 radical (unpaired) electrons. The van der Waals surface area contributed by atoms with Crippen LogP contribution in [0.5, 0.6) is 0 Å². The van der Waals surface area contributed by atoms with E-state index in [2.05, 4.69) is 19.2 Å². The Bertz CT molecular complexity index is 975. The second-order valence-electron chi connectivity index (χ2n) is 8.07. The van der Waals surface area contributed by atoms with E-state index in [0.717, 1.165) is 23.2 Å². The molecule has 1 aliphatic rings. The molecule has 28 heavy (non-hydrogen) atoms. The van der Waals surface area contributed by atoms with Gasteiger partial charge >= 0.3 is 0 Å². The van der Waals surface area contributed by atoms with Gasteiger partial charge in [0, 0.05) is 24.3 Å². The van der Waals surface area contributed by atoms with Crippen molar-refractivity contribution in [3.05, 3.63) is 59.2 Å². The summed E-state index contributed by atoms with van der Waals surface area (Å²) < 4.78 is 27.7. The summed E-state index contributed by atoms with van der Waals surface area (Å²) in [6.07, 6.45) is 1.03. The average Bonchev–Trinajstić information content (AvgIpc) is 2.63. The first-order chi connectivity index (χ1) is 13.2. The predicted octanol–water partition coefficient (Wildman–Crippen LogP) is 4.22. The van der Waals surface area contributed by atoms with Crippen molar-refractivity contribution in [3.8, 4) is 0 Å². The third kappa shape index (κ3) is 4.45. The van der Waals surface area contributed by atoms with E-state index in [4.69, 9.17) is 0 Å².